The van der Waals surface area contributed by atoms with Crippen molar-refractivity contribution >= 4 is 36.6 Å². The molecular formula is C20H32Cl2N4O3. The summed E-state index contributed by atoms with van der Waals surface area (Å²) in [5.41, 5.74) is 7.74. The molecule has 0 spiro atoms. The molecule has 2 fully saturated rings. The smallest absolute Gasteiger partial charge is 0.253 e. The highest BCUT2D eigenvalue weighted by Crippen LogP contribution is 2.18. The lowest BCUT2D eigenvalue weighted by atomic mass is 9.92. The van der Waals surface area contributed by atoms with Crippen LogP contribution < -0.4 is 11.1 Å². The number of carbonyl (C=O) groups excluding carboxylic acids is 2. The van der Waals surface area contributed by atoms with Gasteiger partial charge in [-0.05, 0) is 43.5 Å². The highest BCUT2D eigenvalue weighted by molar-refractivity contribution is 5.94. The number of piperazine rings is 1. The first-order chi connectivity index (χ1) is 13.0. The van der Waals surface area contributed by atoms with E-state index < -0.39 is 6.04 Å². The lowest BCUT2D eigenvalue weighted by molar-refractivity contribution is -0.124. The Kier molecular flexibility index (Phi) is 10.9. The zero-order chi connectivity index (χ0) is 19.2. The zero-order valence-corrected chi connectivity index (χ0v) is 18.5. The average molecular weight is 447 g/mol. The fraction of sp³-hybridized carbons (Fsp3) is 0.600. The van der Waals surface area contributed by atoms with Gasteiger partial charge in [0, 0.05) is 51.5 Å². The molecule has 0 radical (unpaired) electrons. The Morgan fingerprint density at radius 1 is 1.10 bits per heavy atom. The number of rotatable bonds is 5. The molecule has 1 aromatic carbocycles. The van der Waals surface area contributed by atoms with Gasteiger partial charge in [0.05, 0.1) is 6.04 Å². The molecule has 0 bridgehead atoms. The first-order valence-corrected chi connectivity index (χ1v) is 9.72. The summed E-state index contributed by atoms with van der Waals surface area (Å²) < 4.78 is 5.32. The van der Waals surface area contributed by atoms with Gasteiger partial charge in [-0.1, -0.05) is 12.1 Å². The lowest BCUT2D eigenvalue weighted by Gasteiger charge is -2.32. The van der Waals surface area contributed by atoms with Gasteiger partial charge in [0.25, 0.3) is 5.91 Å². The second-order valence-electron chi connectivity index (χ2n) is 7.49. The second kappa shape index (κ2) is 12.3. The molecule has 164 valence electrons. The molecular weight excluding hydrogens is 415 g/mol. The van der Waals surface area contributed by atoms with Gasteiger partial charge >= 0.3 is 0 Å². The number of hydrogen-bond acceptors (Lipinski definition) is 5. The number of hydrogen-bond donors (Lipinski definition) is 2. The summed E-state index contributed by atoms with van der Waals surface area (Å²) in [6, 6.07) is 6.96. The summed E-state index contributed by atoms with van der Waals surface area (Å²) in [6.07, 6.45) is 1.66. The van der Waals surface area contributed by atoms with Gasteiger partial charge in [0.2, 0.25) is 5.91 Å². The number of benzene rings is 1. The molecule has 0 aromatic heterocycles. The number of halogens is 2. The van der Waals surface area contributed by atoms with Crippen LogP contribution in [0.5, 0.6) is 0 Å². The molecule has 3 N–H and O–H groups in total. The van der Waals surface area contributed by atoms with E-state index in [0.717, 1.165) is 44.6 Å². The van der Waals surface area contributed by atoms with Gasteiger partial charge in [0.15, 0.2) is 0 Å². The third-order valence-corrected chi connectivity index (χ3v) is 5.53. The van der Waals surface area contributed by atoms with Crippen LogP contribution >= 0.6 is 24.8 Å². The predicted molar refractivity (Wildman–Crippen MR) is 118 cm³/mol. The van der Waals surface area contributed by atoms with Gasteiger partial charge in [-0.2, -0.15) is 0 Å². The van der Waals surface area contributed by atoms with Crippen LogP contribution in [0, 0.1) is 5.92 Å². The maximum atomic E-state index is 12.6. The first-order valence-electron chi connectivity index (χ1n) is 9.72. The third-order valence-electron chi connectivity index (χ3n) is 5.53. The Bertz CT molecular complexity index is 646. The minimum Gasteiger partial charge on any atom is -0.381 e. The van der Waals surface area contributed by atoms with Crippen molar-refractivity contribution in [2.75, 3.05) is 46.4 Å². The molecule has 7 nitrogen and oxygen atoms in total. The summed E-state index contributed by atoms with van der Waals surface area (Å²) in [7, 11) is 2.07. The van der Waals surface area contributed by atoms with E-state index in [-0.39, 0.29) is 42.5 Å². The Hall–Kier alpha value is -1.38. The number of likely N-dealkylation sites (N-methyl/N-ethyl adjacent to an activating group) is 1. The van der Waals surface area contributed by atoms with Crippen LogP contribution in [0.2, 0.25) is 0 Å². The molecule has 1 aromatic rings. The molecule has 2 aliphatic rings. The number of carbonyl (C=O) groups is 2. The summed E-state index contributed by atoms with van der Waals surface area (Å²) in [4.78, 5) is 29.0. The minimum atomic E-state index is -0.494. The van der Waals surface area contributed by atoms with Crippen LogP contribution in [0.4, 0.5) is 0 Å². The highest BCUT2D eigenvalue weighted by atomic mass is 35.5. The van der Waals surface area contributed by atoms with Gasteiger partial charge in [-0.3, -0.25) is 9.59 Å². The average Bonchev–Trinajstić information content (AvgIpc) is 2.72. The van der Waals surface area contributed by atoms with E-state index in [2.05, 4.69) is 17.3 Å². The second-order valence-corrected chi connectivity index (χ2v) is 7.49. The molecule has 29 heavy (non-hydrogen) atoms. The monoisotopic (exact) mass is 446 g/mol. The van der Waals surface area contributed by atoms with Crippen molar-refractivity contribution in [2.24, 2.45) is 11.7 Å². The fourth-order valence-corrected chi connectivity index (χ4v) is 3.55. The van der Waals surface area contributed by atoms with Crippen molar-refractivity contribution in [3.05, 3.63) is 35.4 Å². The van der Waals surface area contributed by atoms with E-state index in [1.165, 1.54) is 0 Å². The fourth-order valence-electron chi connectivity index (χ4n) is 3.55. The summed E-state index contributed by atoms with van der Waals surface area (Å²) in [5, 5.41) is 2.91. The summed E-state index contributed by atoms with van der Waals surface area (Å²) >= 11 is 0. The lowest BCUT2D eigenvalue weighted by Crippen LogP contribution is -2.47. The van der Waals surface area contributed by atoms with E-state index in [1.807, 2.05) is 29.2 Å². The minimum absolute atomic E-state index is 0. The van der Waals surface area contributed by atoms with Crippen molar-refractivity contribution in [3.8, 4) is 0 Å². The van der Waals surface area contributed by atoms with Gasteiger partial charge < -0.3 is 25.6 Å². The quantitative estimate of drug-likeness (QED) is 0.711. The number of nitrogens with one attached hydrogen (secondary N) is 1. The van der Waals surface area contributed by atoms with E-state index >= 15 is 0 Å². The Morgan fingerprint density at radius 3 is 2.28 bits per heavy atom. The third kappa shape index (κ3) is 7.12. The van der Waals surface area contributed by atoms with Crippen molar-refractivity contribution in [3.63, 3.8) is 0 Å². The Labute approximate surface area is 185 Å². The van der Waals surface area contributed by atoms with Crippen molar-refractivity contribution in [1.29, 1.82) is 0 Å². The van der Waals surface area contributed by atoms with Crippen LogP contribution in [-0.2, 0) is 16.1 Å². The van der Waals surface area contributed by atoms with E-state index in [0.29, 0.717) is 25.3 Å². The van der Waals surface area contributed by atoms with Gasteiger partial charge in [0.1, 0.15) is 0 Å². The van der Waals surface area contributed by atoms with Crippen molar-refractivity contribution < 1.29 is 14.3 Å². The molecule has 0 saturated carbocycles. The van der Waals surface area contributed by atoms with Crippen molar-refractivity contribution in [2.45, 2.75) is 25.4 Å². The van der Waals surface area contributed by atoms with Crippen LogP contribution in [0.3, 0.4) is 0 Å². The molecule has 3 rings (SSSR count). The van der Waals surface area contributed by atoms with Gasteiger partial charge in [-0.15, -0.1) is 24.8 Å². The number of nitrogens with two attached hydrogens (primary N) is 1. The van der Waals surface area contributed by atoms with Crippen LogP contribution in [-0.4, -0.2) is 74.1 Å². The summed E-state index contributed by atoms with van der Waals surface area (Å²) in [6.45, 7) is 5.10. The maximum Gasteiger partial charge on any atom is 0.253 e. The molecule has 2 amide bonds. The maximum absolute atomic E-state index is 12.6. The number of ether oxygens (including phenoxy) is 1. The van der Waals surface area contributed by atoms with Gasteiger partial charge in [-0.25, -0.2) is 0 Å². The zero-order valence-electron chi connectivity index (χ0n) is 16.8. The molecule has 2 aliphatic heterocycles. The molecule has 2 saturated heterocycles. The molecule has 1 unspecified atom stereocenters. The Balaban J connectivity index is 0.00000210. The van der Waals surface area contributed by atoms with E-state index in [1.54, 1.807) is 0 Å². The molecule has 1 atom stereocenters. The largest absolute Gasteiger partial charge is 0.381 e. The van der Waals surface area contributed by atoms with Crippen LogP contribution in [0.15, 0.2) is 24.3 Å². The molecule has 0 aliphatic carbocycles. The van der Waals surface area contributed by atoms with E-state index in [9.17, 15) is 9.59 Å². The standard InChI is InChI=1S/C20H30N4O3.2ClH/c1-23-8-10-24(11-9-23)20(26)17-4-2-15(3-5-17)14-22-19(25)18(21)16-6-12-27-13-7-16;;/h2-5,16,18H,6-14,21H2,1H3,(H,22,25);2*1H. The van der Waals surface area contributed by atoms with Crippen LogP contribution in [0.25, 0.3) is 0 Å². The summed E-state index contributed by atoms with van der Waals surface area (Å²) in [5.74, 6) is 0.127. The number of amides is 2. The Morgan fingerprint density at radius 2 is 1.69 bits per heavy atom. The highest BCUT2D eigenvalue weighted by Gasteiger charge is 2.26. The topological polar surface area (TPSA) is 87.9 Å². The first kappa shape index (κ1) is 25.7. The van der Waals surface area contributed by atoms with E-state index in [4.69, 9.17) is 10.5 Å². The normalized spacial score (nSPS) is 18.9. The SMILES string of the molecule is CN1CCN(C(=O)c2ccc(CNC(=O)C(N)C3CCOCC3)cc2)CC1.Cl.Cl. The molecule has 2 heterocycles. The van der Waals surface area contributed by atoms with Crippen LogP contribution in [0.1, 0.15) is 28.8 Å². The molecule has 9 heteroatoms. The van der Waals surface area contributed by atoms with Crippen molar-refractivity contribution in [1.82, 2.24) is 15.1 Å². The predicted octanol–water partition coefficient (Wildman–Crippen LogP) is 1.29. The number of nitrogens with zero attached hydrogens (tertiary/aromatic N) is 2.